The van der Waals surface area contributed by atoms with Gasteiger partial charge >= 0.3 is 0 Å². The van der Waals surface area contributed by atoms with Crippen molar-refractivity contribution in [1.29, 1.82) is 0 Å². The van der Waals surface area contributed by atoms with Gasteiger partial charge in [-0.25, -0.2) is 0 Å². The predicted octanol–water partition coefficient (Wildman–Crippen LogP) is 3.48. The molecule has 3 rings (SSSR count). The molecule has 0 spiro atoms. The fourth-order valence-corrected chi connectivity index (χ4v) is 4.34. The van der Waals surface area contributed by atoms with Crippen LogP contribution in [0.25, 0.3) is 0 Å². The van der Waals surface area contributed by atoms with Gasteiger partial charge in [0.1, 0.15) is 0 Å². The lowest BCUT2D eigenvalue weighted by Gasteiger charge is -2.34. The van der Waals surface area contributed by atoms with Crippen LogP contribution in [0, 0.1) is 0 Å². The van der Waals surface area contributed by atoms with E-state index in [9.17, 15) is 0 Å². The molecule has 0 aliphatic carbocycles. The Hall–Kier alpha value is -1.11. The maximum atomic E-state index is 6.09. The van der Waals surface area contributed by atoms with Crippen molar-refractivity contribution in [3.8, 4) is 0 Å². The highest BCUT2D eigenvalue weighted by molar-refractivity contribution is 7.10. The van der Waals surface area contributed by atoms with E-state index in [0.29, 0.717) is 18.1 Å². The summed E-state index contributed by atoms with van der Waals surface area (Å²) >= 11 is 1.82. The van der Waals surface area contributed by atoms with Crippen molar-refractivity contribution < 1.29 is 9.47 Å². The van der Waals surface area contributed by atoms with E-state index in [0.717, 1.165) is 64.6 Å². The van der Waals surface area contributed by atoms with E-state index in [-0.39, 0.29) is 0 Å². The molecule has 2 unspecified atom stereocenters. The van der Waals surface area contributed by atoms with E-state index in [4.69, 9.17) is 14.5 Å². The maximum absolute atomic E-state index is 6.09. The molecule has 1 aromatic heterocycles. The van der Waals surface area contributed by atoms with Crippen molar-refractivity contribution in [1.82, 2.24) is 10.2 Å². The van der Waals surface area contributed by atoms with Crippen molar-refractivity contribution in [2.24, 2.45) is 4.99 Å². The van der Waals surface area contributed by atoms with Crippen LogP contribution in [0.3, 0.4) is 0 Å². The molecular weight excluding hydrogens is 346 g/mol. The second-order valence-electron chi connectivity index (χ2n) is 7.27. The summed E-state index contributed by atoms with van der Waals surface area (Å²) in [7, 11) is 0. The van der Waals surface area contributed by atoms with Crippen LogP contribution in [0.1, 0.15) is 50.3 Å². The molecule has 2 fully saturated rings. The van der Waals surface area contributed by atoms with Gasteiger partial charge in [-0.15, -0.1) is 11.3 Å². The Morgan fingerprint density at radius 2 is 2.27 bits per heavy atom. The zero-order valence-electron chi connectivity index (χ0n) is 16.2. The summed E-state index contributed by atoms with van der Waals surface area (Å²) in [6.45, 7) is 9.81. The van der Waals surface area contributed by atoms with Gasteiger partial charge in [0.15, 0.2) is 5.96 Å². The molecule has 0 radical (unpaired) electrons. The fourth-order valence-electron chi connectivity index (χ4n) is 3.56. The lowest BCUT2D eigenvalue weighted by Crippen LogP contribution is -2.47. The van der Waals surface area contributed by atoms with E-state index in [1.807, 2.05) is 11.3 Å². The molecule has 3 heterocycles. The van der Waals surface area contributed by atoms with Gasteiger partial charge in [-0.05, 0) is 44.1 Å². The lowest BCUT2D eigenvalue weighted by atomic mass is 10.1. The third-order valence-electron chi connectivity index (χ3n) is 5.16. The van der Waals surface area contributed by atoms with Gasteiger partial charge in [0.05, 0.1) is 25.4 Å². The molecule has 2 atom stereocenters. The smallest absolute Gasteiger partial charge is 0.193 e. The van der Waals surface area contributed by atoms with Gasteiger partial charge in [0.2, 0.25) is 0 Å². The second-order valence-corrected chi connectivity index (χ2v) is 8.25. The Morgan fingerprint density at radius 1 is 1.42 bits per heavy atom. The molecule has 0 aromatic carbocycles. The molecule has 1 N–H and O–H groups in total. The van der Waals surface area contributed by atoms with E-state index in [1.54, 1.807) is 0 Å². The molecule has 2 aliphatic heterocycles. The summed E-state index contributed by atoms with van der Waals surface area (Å²) < 4.78 is 11.7. The van der Waals surface area contributed by atoms with Gasteiger partial charge in [0.25, 0.3) is 0 Å². The molecule has 0 saturated carbocycles. The lowest BCUT2D eigenvalue weighted by molar-refractivity contribution is -0.0367. The van der Waals surface area contributed by atoms with Crippen molar-refractivity contribution >= 4 is 17.3 Å². The molecule has 1 aromatic rings. The van der Waals surface area contributed by atoms with Crippen LogP contribution in [0.2, 0.25) is 0 Å². The first kappa shape index (κ1) is 19.6. The highest BCUT2D eigenvalue weighted by Gasteiger charge is 2.24. The second kappa shape index (κ2) is 10.3. The summed E-state index contributed by atoms with van der Waals surface area (Å²) in [6, 6.07) is 4.32. The standard InChI is InChI=1S/C20H33N3O2S/c1-3-21-20(22-14-16(2)19-7-5-13-26-19)23-10-8-17(9-11-23)25-15-18-6-4-12-24-18/h5,7,13,16-18H,3-4,6,8-12,14-15H2,1-2H3,(H,21,22). The molecule has 0 amide bonds. The number of hydrogen-bond donors (Lipinski definition) is 1. The minimum absolute atomic E-state index is 0.325. The van der Waals surface area contributed by atoms with Crippen LogP contribution >= 0.6 is 11.3 Å². The third-order valence-corrected chi connectivity index (χ3v) is 6.27. The maximum Gasteiger partial charge on any atom is 0.193 e. The van der Waals surface area contributed by atoms with Crippen molar-refractivity contribution in [3.05, 3.63) is 22.4 Å². The molecular formula is C20H33N3O2S. The van der Waals surface area contributed by atoms with Gasteiger partial charge in [-0.3, -0.25) is 4.99 Å². The predicted molar refractivity (Wildman–Crippen MR) is 108 cm³/mol. The van der Waals surface area contributed by atoms with Crippen LogP contribution < -0.4 is 5.32 Å². The summed E-state index contributed by atoms with van der Waals surface area (Å²) in [5.74, 6) is 1.52. The van der Waals surface area contributed by atoms with Gasteiger partial charge < -0.3 is 19.7 Å². The van der Waals surface area contributed by atoms with Gasteiger partial charge in [-0.2, -0.15) is 0 Å². The number of nitrogens with one attached hydrogen (secondary N) is 1. The van der Waals surface area contributed by atoms with E-state index in [1.165, 1.54) is 11.3 Å². The zero-order valence-corrected chi connectivity index (χ0v) is 17.0. The molecule has 5 nitrogen and oxygen atoms in total. The summed E-state index contributed by atoms with van der Waals surface area (Å²) in [6.07, 6.45) is 5.15. The van der Waals surface area contributed by atoms with Crippen molar-refractivity contribution in [3.63, 3.8) is 0 Å². The first-order chi connectivity index (χ1) is 12.8. The van der Waals surface area contributed by atoms with E-state index >= 15 is 0 Å². The topological polar surface area (TPSA) is 46.1 Å². The number of nitrogens with zero attached hydrogens (tertiary/aromatic N) is 2. The molecule has 2 saturated heterocycles. The van der Waals surface area contributed by atoms with Crippen LogP contribution in [0.4, 0.5) is 0 Å². The third kappa shape index (κ3) is 5.69. The SMILES string of the molecule is CCNC(=NCC(C)c1cccs1)N1CCC(OCC2CCCO2)CC1. The number of thiophene rings is 1. The van der Waals surface area contributed by atoms with Crippen molar-refractivity contribution in [2.75, 3.05) is 39.4 Å². The summed E-state index contributed by atoms with van der Waals surface area (Å²) in [5, 5.41) is 5.60. The van der Waals surface area contributed by atoms with Crippen LogP contribution in [-0.4, -0.2) is 62.5 Å². The Balaban J connectivity index is 1.45. The summed E-state index contributed by atoms with van der Waals surface area (Å²) in [5.41, 5.74) is 0. The average molecular weight is 380 g/mol. The number of piperidine rings is 1. The fraction of sp³-hybridized carbons (Fsp3) is 0.750. The Kier molecular flexibility index (Phi) is 7.77. The number of aliphatic imine (C=N–C) groups is 1. The normalized spacial score (nSPS) is 23.4. The minimum atomic E-state index is 0.325. The van der Waals surface area contributed by atoms with Crippen molar-refractivity contribution in [2.45, 2.75) is 57.7 Å². The van der Waals surface area contributed by atoms with Crippen LogP contribution in [0.15, 0.2) is 22.5 Å². The van der Waals surface area contributed by atoms with E-state index < -0.39 is 0 Å². The molecule has 26 heavy (non-hydrogen) atoms. The highest BCUT2D eigenvalue weighted by atomic mass is 32.1. The number of rotatable bonds is 7. The Morgan fingerprint density at radius 3 is 2.92 bits per heavy atom. The quantitative estimate of drug-likeness (QED) is 0.582. The molecule has 146 valence electrons. The summed E-state index contributed by atoms with van der Waals surface area (Å²) in [4.78, 5) is 8.70. The van der Waals surface area contributed by atoms with Gasteiger partial charge in [0, 0.05) is 37.0 Å². The largest absolute Gasteiger partial charge is 0.376 e. The Bertz CT molecular complexity index is 535. The molecule has 0 bridgehead atoms. The van der Waals surface area contributed by atoms with Crippen LogP contribution in [-0.2, 0) is 9.47 Å². The molecule has 6 heteroatoms. The molecule has 2 aliphatic rings. The van der Waals surface area contributed by atoms with E-state index in [2.05, 4.69) is 41.6 Å². The number of likely N-dealkylation sites (tertiary alicyclic amines) is 1. The zero-order chi connectivity index (χ0) is 18.2. The minimum Gasteiger partial charge on any atom is -0.376 e. The monoisotopic (exact) mass is 379 g/mol. The van der Waals surface area contributed by atoms with Crippen LogP contribution in [0.5, 0.6) is 0 Å². The number of ether oxygens (including phenoxy) is 2. The highest BCUT2D eigenvalue weighted by Crippen LogP contribution is 2.21. The first-order valence-electron chi connectivity index (χ1n) is 10.1. The number of hydrogen-bond acceptors (Lipinski definition) is 4. The number of guanidine groups is 1. The Labute approximate surface area is 161 Å². The first-order valence-corrected chi connectivity index (χ1v) is 10.9. The van der Waals surface area contributed by atoms with Gasteiger partial charge in [-0.1, -0.05) is 13.0 Å². The average Bonchev–Trinajstić information content (AvgIpc) is 3.37.